The maximum absolute atomic E-state index is 12.7. The second-order valence-corrected chi connectivity index (χ2v) is 13.5. The van der Waals surface area contributed by atoms with E-state index in [0.717, 1.165) is 59.2 Å². The fourth-order valence-corrected chi connectivity index (χ4v) is 6.80. The van der Waals surface area contributed by atoms with Crippen LogP contribution in [0.2, 0.25) is 0 Å². The normalized spacial score (nSPS) is 27.5. The van der Waals surface area contributed by atoms with Gasteiger partial charge in [-0.05, 0) is 39.4 Å². The lowest BCUT2D eigenvalue weighted by Crippen LogP contribution is -2.67. The largest absolute Gasteiger partial charge is 0.463 e. The molecule has 2 aliphatic rings. The first-order valence-electron chi connectivity index (χ1n) is 16.9. The van der Waals surface area contributed by atoms with Gasteiger partial charge in [-0.3, -0.25) is 33.6 Å². The Hall–Kier alpha value is -4.60. The molecule has 10 atom stereocenters. The molecule has 0 aliphatic carbocycles. The summed E-state index contributed by atoms with van der Waals surface area (Å²) in [5.41, 5.74) is 0. The van der Waals surface area contributed by atoms with Crippen molar-refractivity contribution in [2.75, 3.05) is 13.2 Å². The summed E-state index contributed by atoms with van der Waals surface area (Å²) in [7, 11) is 0. The van der Waals surface area contributed by atoms with Crippen molar-refractivity contribution in [3.63, 3.8) is 0 Å². The van der Waals surface area contributed by atoms with Crippen LogP contribution in [0.25, 0.3) is 10.8 Å². The highest BCUT2D eigenvalue weighted by atomic mass is 127. The third-order valence-electron chi connectivity index (χ3n) is 7.96. The van der Waals surface area contributed by atoms with E-state index >= 15 is 0 Å². The molecule has 0 amide bonds. The van der Waals surface area contributed by atoms with Gasteiger partial charge in [0.25, 0.3) is 0 Å². The number of hydrogen-bond donors (Lipinski definition) is 0. The Labute approximate surface area is 328 Å². The first kappa shape index (κ1) is 43.1. The molecule has 0 unspecified atom stereocenters. The van der Waals surface area contributed by atoms with Gasteiger partial charge in [-0.25, -0.2) is 0 Å². The Morgan fingerprint density at radius 1 is 0.527 bits per heavy atom. The summed E-state index contributed by atoms with van der Waals surface area (Å²) in [4.78, 5) is 86.3. The first-order valence-corrected chi connectivity index (χ1v) is 18.0. The Bertz CT molecular complexity index is 1760. The summed E-state index contributed by atoms with van der Waals surface area (Å²) < 4.78 is 64.0. The van der Waals surface area contributed by atoms with E-state index in [1.165, 1.54) is 0 Å². The van der Waals surface area contributed by atoms with Crippen LogP contribution in [0, 0.1) is 3.57 Å². The molecule has 2 saturated heterocycles. The van der Waals surface area contributed by atoms with Crippen molar-refractivity contribution >= 4 is 75.1 Å². The standard InChI is InChI=1S/C36H41IO18/c1-16(38)45-14-26-29(47-18(3)40)31(48-19(4)41)34(51-22(7)44)36(54-26)55-30-27(15-46-17(2)39)53-35(33(50-21(6)43)32(30)49-20(5)42)52-25-13-12-23-10-8-9-11-24(23)28(25)37/h8-13,26-27,29-36H,14-15H2,1-7H3/t26-,27-,29+,30-,31+,32+,33-,34-,35-,36+/m1/s1. The van der Waals surface area contributed by atoms with Crippen LogP contribution in [0.1, 0.15) is 48.5 Å². The van der Waals surface area contributed by atoms with E-state index in [4.69, 9.17) is 52.1 Å². The second-order valence-electron chi connectivity index (χ2n) is 12.4. The van der Waals surface area contributed by atoms with Gasteiger partial charge < -0.3 is 52.1 Å². The lowest BCUT2D eigenvalue weighted by molar-refractivity contribution is -0.354. The van der Waals surface area contributed by atoms with Crippen molar-refractivity contribution in [3.05, 3.63) is 40.0 Å². The lowest BCUT2D eigenvalue weighted by atomic mass is 9.96. The van der Waals surface area contributed by atoms with Crippen molar-refractivity contribution in [3.8, 4) is 5.75 Å². The SMILES string of the molecule is CC(=O)OC[C@H]1O[C@@H](O[C@H]2[C@H](OC(C)=O)[C@@H](OC(C)=O)[C@H](Oc3ccc4ccccc4c3I)O[C@@H]2COC(C)=O)[C@H](OC(C)=O)[C@@H](OC(C)=O)[C@H]1OC(C)=O. The van der Waals surface area contributed by atoms with E-state index in [0.29, 0.717) is 9.32 Å². The molecule has 18 nitrogen and oxygen atoms in total. The molecule has 2 fully saturated rings. The Kier molecular flexibility index (Phi) is 15.1. The van der Waals surface area contributed by atoms with Crippen molar-refractivity contribution < 1.29 is 85.7 Å². The van der Waals surface area contributed by atoms with Crippen LogP contribution in [0.5, 0.6) is 5.75 Å². The quantitative estimate of drug-likeness (QED) is 0.160. The molecule has 2 heterocycles. The van der Waals surface area contributed by atoms with E-state index in [1.54, 1.807) is 12.1 Å². The molecule has 2 aliphatic heterocycles. The van der Waals surface area contributed by atoms with Crippen LogP contribution in [-0.2, 0) is 80.9 Å². The second kappa shape index (κ2) is 19.3. The van der Waals surface area contributed by atoms with Crippen LogP contribution in [0.4, 0.5) is 0 Å². The molecule has 0 radical (unpaired) electrons. The first-order chi connectivity index (χ1) is 25.9. The highest BCUT2D eigenvalue weighted by molar-refractivity contribution is 14.1. The highest BCUT2D eigenvalue weighted by Crippen LogP contribution is 2.37. The monoisotopic (exact) mass is 888 g/mol. The fraction of sp³-hybridized carbons (Fsp3) is 0.528. The zero-order valence-electron chi connectivity index (χ0n) is 30.9. The summed E-state index contributed by atoms with van der Waals surface area (Å²) in [5, 5.41) is 1.74. The number of hydrogen-bond acceptors (Lipinski definition) is 18. The van der Waals surface area contributed by atoms with Crippen LogP contribution in [0.3, 0.4) is 0 Å². The van der Waals surface area contributed by atoms with Crippen LogP contribution >= 0.6 is 22.6 Å². The van der Waals surface area contributed by atoms with Crippen LogP contribution in [0.15, 0.2) is 36.4 Å². The molecule has 0 aromatic heterocycles. The molecule has 0 N–H and O–H groups in total. The van der Waals surface area contributed by atoms with Crippen molar-refractivity contribution in [2.45, 2.75) is 110 Å². The van der Waals surface area contributed by atoms with Gasteiger partial charge in [-0.15, -0.1) is 0 Å². The Morgan fingerprint density at radius 2 is 0.964 bits per heavy atom. The number of carbonyl (C=O) groups is 7. The van der Waals surface area contributed by atoms with Gasteiger partial charge in [0.15, 0.2) is 30.7 Å². The van der Waals surface area contributed by atoms with Crippen molar-refractivity contribution in [2.24, 2.45) is 0 Å². The van der Waals surface area contributed by atoms with Gasteiger partial charge in [-0.1, -0.05) is 30.3 Å². The van der Waals surface area contributed by atoms with Gasteiger partial charge in [0.05, 0.1) is 3.57 Å². The predicted molar refractivity (Wildman–Crippen MR) is 191 cm³/mol. The number of halogens is 1. The van der Waals surface area contributed by atoms with Crippen molar-refractivity contribution in [1.29, 1.82) is 0 Å². The molecule has 2 aromatic carbocycles. The molecule has 0 bridgehead atoms. The minimum absolute atomic E-state index is 0.299. The van der Waals surface area contributed by atoms with Gasteiger partial charge in [-0.2, -0.15) is 0 Å². The average molecular weight is 889 g/mol. The molecule has 300 valence electrons. The summed E-state index contributed by atoms with van der Waals surface area (Å²) in [6.07, 6.45) is -15.7. The average Bonchev–Trinajstić information content (AvgIpc) is 3.08. The lowest BCUT2D eigenvalue weighted by Gasteiger charge is -2.48. The minimum Gasteiger partial charge on any atom is -0.463 e. The summed E-state index contributed by atoms with van der Waals surface area (Å²) >= 11 is 2.08. The van der Waals surface area contributed by atoms with Crippen molar-refractivity contribution in [1.82, 2.24) is 0 Å². The maximum Gasteiger partial charge on any atom is 0.303 e. The molecule has 0 saturated carbocycles. The van der Waals surface area contributed by atoms with Crippen LogP contribution in [-0.4, -0.2) is 116 Å². The zero-order chi connectivity index (χ0) is 40.6. The van der Waals surface area contributed by atoms with E-state index in [9.17, 15) is 33.6 Å². The summed E-state index contributed by atoms with van der Waals surface area (Å²) in [5.74, 6) is -5.55. The Balaban J connectivity index is 1.83. The van der Waals surface area contributed by atoms with Gasteiger partial charge in [0.1, 0.15) is 37.3 Å². The van der Waals surface area contributed by atoms with Crippen LogP contribution < -0.4 is 4.74 Å². The molecule has 55 heavy (non-hydrogen) atoms. The van der Waals surface area contributed by atoms with Gasteiger partial charge >= 0.3 is 41.8 Å². The summed E-state index contributed by atoms with van der Waals surface area (Å²) in [6.45, 7) is 6.44. The number of esters is 7. The van der Waals surface area contributed by atoms with E-state index in [2.05, 4.69) is 22.6 Å². The third-order valence-corrected chi connectivity index (χ3v) is 9.07. The van der Waals surface area contributed by atoms with Gasteiger partial charge in [0.2, 0.25) is 12.4 Å². The smallest absolute Gasteiger partial charge is 0.303 e. The highest BCUT2D eigenvalue weighted by Gasteiger charge is 2.58. The molecule has 19 heteroatoms. The zero-order valence-corrected chi connectivity index (χ0v) is 33.0. The fourth-order valence-electron chi connectivity index (χ4n) is 6.00. The van der Waals surface area contributed by atoms with E-state index < -0.39 is 116 Å². The van der Waals surface area contributed by atoms with E-state index in [-0.39, 0.29) is 0 Å². The minimum atomic E-state index is -1.80. The maximum atomic E-state index is 12.7. The number of benzene rings is 2. The number of fused-ring (bicyclic) bond motifs is 1. The number of carbonyl (C=O) groups excluding carboxylic acids is 7. The van der Waals surface area contributed by atoms with E-state index in [1.807, 2.05) is 24.3 Å². The molecule has 4 rings (SSSR count). The summed E-state index contributed by atoms with van der Waals surface area (Å²) in [6, 6.07) is 11.0. The molecular formula is C36H41IO18. The topological polar surface area (TPSA) is 221 Å². The molecular weight excluding hydrogens is 847 g/mol. The Morgan fingerprint density at radius 3 is 1.49 bits per heavy atom. The molecule has 2 aromatic rings. The van der Waals surface area contributed by atoms with Gasteiger partial charge in [0, 0.05) is 48.5 Å². The number of rotatable bonds is 13. The predicted octanol–water partition coefficient (Wildman–Crippen LogP) is 2.44. The third kappa shape index (κ3) is 11.7. The molecule has 0 spiro atoms. The number of ether oxygens (including phenoxy) is 11.